The highest BCUT2D eigenvalue weighted by molar-refractivity contribution is 7.99. The van der Waals surface area contributed by atoms with Gasteiger partial charge in [-0.25, -0.2) is 9.97 Å². The van der Waals surface area contributed by atoms with E-state index in [9.17, 15) is 5.11 Å². The fourth-order valence-corrected chi connectivity index (χ4v) is 3.73. The van der Waals surface area contributed by atoms with E-state index in [4.69, 9.17) is 0 Å². The number of aromatic hydroxyl groups is 1. The minimum Gasteiger partial charge on any atom is -0.507 e. The number of benzene rings is 1. The fraction of sp³-hybridized carbons (Fsp3) is 0.235. The lowest BCUT2D eigenvalue weighted by molar-refractivity contribution is 0.477. The average Bonchev–Trinajstić information content (AvgIpc) is 3.29. The molecule has 1 fully saturated rings. The monoisotopic (exact) mass is 339 g/mol. The number of rotatable bonds is 4. The normalized spacial score (nSPS) is 17.2. The lowest BCUT2D eigenvalue weighted by Gasteiger charge is -2.09. The van der Waals surface area contributed by atoms with Crippen molar-refractivity contribution in [2.24, 2.45) is 0 Å². The van der Waals surface area contributed by atoms with Crippen LogP contribution in [0.3, 0.4) is 0 Å². The Labute approximate surface area is 144 Å². The van der Waals surface area contributed by atoms with Gasteiger partial charge in [0.2, 0.25) is 0 Å². The van der Waals surface area contributed by atoms with Crippen LogP contribution in [0.15, 0.2) is 54.3 Å². The van der Waals surface area contributed by atoms with Crippen LogP contribution in [0, 0.1) is 0 Å². The van der Waals surface area contributed by atoms with Crippen LogP contribution in [-0.4, -0.2) is 43.0 Å². The van der Waals surface area contributed by atoms with Gasteiger partial charge in [0, 0.05) is 35.8 Å². The summed E-state index contributed by atoms with van der Waals surface area (Å²) in [7, 11) is 0. The van der Waals surface area contributed by atoms with Crippen LogP contribution in [-0.2, 0) is 0 Å². The van der Waals surface area contributed by atoms with Crippen molar-refractivity contribution in [3.63, 3.8) is 0 Å². The van der Waals surface area contributed by atoms with E-state index in [0.29, 0.717) is 16.5 Å². The van der Waals surface area contributed by atoms with E-state index in [1.54, 1.807) is 42.7 Å². The number of phenols is 1. The van der Waals surface area contributed by atoms with Crippen LogP contribution >= 0.6 is 11.8 Å². The van der Waals surface area contributed by atoms with Crippen LogP contribution in [0.2, 0.25) is 0 Å². The molecule has 24 heavy (non-hydrogen) atoms. The second-order valence-electron chi connectivity index (χ2n) is 5.64. The lowest BCUT2D eigenvalue weighted by atomic mass is 10.1. The number of aromatic nitrogens is 4. The summed E-state index contributed by atoms with van der Waals surface area (Å²) in [6.45, 7) is 2.09. The molecule has 0 aliphatic carbocycles. The Hall–Kier alpha value is -2.38. The molecule has 2 aromatic heterocycles. The zero-order valence-electron chi connectivity index (χ0n) is 13.0. The van der Waals surface area contributed by atoms with Crippen LogP contribution in [0.4, 0.5) is 0 Å². The molecule has 0 radical (unpaired) electrons. The minimum atomic E-state index is 0.177. The zero-order chi connectivity index (χ0) is 16.4. The molecule has 0 unspecified atom stereocenters. The van der Waals surface area contributed by atoms with Gasteiger partial charge in [-0.15, -0.1) is 11.8 Å². The highest BCUT2D eigenvalue weighted by atomic mass is 32.2. The smallest absolute Gasteiger partial charge is 0.127 e. The highest BCUT2D eigenvalue weighted by Crippen LogP contribution is 2.31. The number of imidazole rings is 1. The SMILES string of the molecule is Oc1cc(-n2ccnc2)ccc1-c1cnc(S[C@H]2CCNC2)cn1. The van der Waals surface area contributed by atoms with E-state index < -0.39 is 0 Å². The minimum absolute atomic E-state index is 0.177. The molecule has 0 spiro atoms. The largest absolute Gasteiger partial charge is 0.507 e. The first-order valence-corrected chi connectivity index (χ1v) is 8.69. The molecular formula is C17H17N5OS. The van der Waals surface area contributed by atoms with Gasteiger partial charge in [0.05, 0.1) is 30.1 Å². The van der Waals surface area contributed by atoms with Gasteiger partial charge >= 0.3 is 0 Å². The summed E-state index contributed by atoms with van der Waals surface area (Å²) in [4.78, 5) is 13.0. The molecule has 1 aliphatic heterocycles. The first-order valence-electron chi connectivity index (χ1n) is 7.81. The van der Waals surface area contributed by atoms with E-state index >= 15 is 0 Å². The molecule has 3 heterocycles. The molecular weight excluding hydrogens is 322 g/mol. The molecule has 0 bridgehead atoms. The Morgan fingerprint density at radius 3 is 2.88 bits per heavy atom. The maximum Gasteiger partial charge on any atom is 0.127 e. The Balaban J connectivity index is 1.54. The summed E-state index contributed by atoms with van der Waals surface area (Å²) in [5, 5.41) is 15.2. The second kappa shape index (κ2) is 6.62. The van der Waals surface area contributed by atoms with E-state index in [0.717, 1.165) is 30.2 Å². The third-order valence-corrected chi connectivity index (χ3v) is 5.18. The number of hydrogen-bond donors (Lipinski definition) is 2. The Morgan fingerprint density at radius 2 is 2.21 bits per heavy atom. The first-order chi connectivity index (χ1) is 11.8. The van der Waals surface area contributed by atoms with Crippen molar-refractivity contribution in [3.8, 4) is 22.7 Å². The van der Waals surface area contributed by atoms with Gasteiger partial charge in [0.1, 0.15) is 10.8 Å². The van der Waals surface area contributed by atoms with Crippen molar-refractivity contribution in [1.29, 1.82) is 0 Å². The van der Waals surface area contributed by atoms with E-state index in [2.05, 4.69) is 20.3 Å². The Kier molecular flexibility index (Phi) is 4.18. The van der Waals surface area contributed by atoms with Gasteiger partial charge in [-0.2, -0.15) is 0 Å². The van der Waals surface area contributed by atoms with Gasteiger partial charge in [-0.1, -0.05) is 0 Å². The number of nitrogens with one attached hydrogen (secondary N) is 1. The third-order valence-electron chi connectivity index (χ3n) is 3.99. The molecule has 7 heteroatoms. The molecule has 1 atom stereocenters. The van der Waals surface area contributed by atoms with Crippen molar-refractivity contribution in [3.05, 3.63) is 49.3 Å². The maximum absolute atomic E-state index is 10.3. The van der Waals surface area contributed by atoms with Gasteiger partial charge < -0.3 is 15.0 Å². The van der Waals surface area contributed by atoms with Crippen molar-refractivity contribution in [2.45, 2.75) is 16.7 Å². The fourth-order valence-electron chi connectivity index (χ4n) is 2.72. The van der Waals surface area contributed by atoms with Crippen molar-refractivity contribution >= 4 is 11.8 Å². The molecule has 0 amide bonds. The molecule has 4 rings (SSSR count). The number of thioether (sulfide) groups is 1. The molecule has 1 aromatic carbocycles. The van der Waals surface area contributed by atoms with E-state index in [-0.39, 0.29) is 5.75 Å². The zero-order valence-corrected chi connectivity index (χ0v) is 13.8. The van der Waals surface area contributed by atoms with Crippen LogP contribution < -0.4 is 5.32 Å². The summed E-state index contributed by atoms with van der Waals surface area (Å²) < 4.78 is 1.84. The van der Waals surface area contributed by atoms with Gasteiger partial charge in [-0.3, -0.25) is 4.98 Å². The second-order valence-corrected chi connectivity index (χ2v) is 6.96. The molecule has 6 nitrogen and oxygen atoms in total. The summed E-state index contributed by atoms with van der Waals surface area (Å²) in [5.41, 5.74) is 2.19. The standard InChI is InChI=1S/C17H17N5OS/c23-16-7-12(22-6-5-19-11-22)1-2-14(16)15-9-21-17(10-20-15)24-13-3-4-18-8-13/h1-2,5-7,9-11,13,18,23H,3-4,8H2/t13-/m0/s1. The van der Waals surface area contributed by atoms with E-state index in [1.807, 2.05) is 22.9 Å². The van der Waals surface area contributed by atoms with Crippen LogP contribution in [0.25, 0.3) is 16.9 Å². The van der Waals surface area contributed by atoms with Crippen LogP contribution in [0.1, 0.15) is 6.42 Å². The maximum atomic E-state index is 10.3. The number of nitrogens with zero attached hydrogens (tertiary/aromatic N) is 4. The van der Waals surface area contributed by atoms with Crippen molar-refractivity contribution in [1.82, 2.24) is 24.8 Å². The van der Waals surface area contributed by atoms with Gasteiger partial charge in [0.15, 0.2) is 0 Å². The predicted molar refractivity (Wildman–Crippen MR) is 93.4 cm³/mol. The Morgan fingerprint density at radius 1 is 1.25 bits per heavy atom. The predicted octanol–water partition coefficient (Wildman–Crippen LogP) is 2.49. The summed E-state index contributed by atoms with van der Waals surface area (Å²) in [5.74, 6) is 0.177. The number of phenolic OH excluding ortho intramolecular Hbond substituents is 1. The highest BCUT2D eigenvalue weighted by Gasteiger charge is 2.16. The van der Waals surface area contributed by atoms with Gasteiger partial charge in [0.25, 0.3) is 0 Å². The lowest BCUT2D eigenvalue weighted by Crippen LogP contribution is -2.10. The molecule has 0 saturated carbocycles. The molecule has 122 valence electrons. The molecule has 1 saturated heterocycles. The summed E-state index contributed by atoms with van der Waals surface area (Å²) >= 11 is 1.75. The van der Waals surface area contributed by atoms with Gasteiger partial charge in [-0.05, 0) is 25.1 Å². The van der Waals surface area contributed by atoms with Crippen LogP contribution in [0.5, 0.6) is 5.75 Å². The third kappa shape index (κ3) is 3.13. The van der Waals surface area contributed by atoms with Crippen molar-refractivity contribution < 1.29 is 5.11 Å². The molecule has 2 N–H and O–H groups in total. The molecule has 3 aromatic rings. The average molecular weight is 339 g/mol. The van der Waals surface area contributed by atoms with E-state index in [1.165, 1.54) is 0 Å². The first kappa shape index (κ1) is 15.2. The quantitative estimate of drug-likeness (QED) is 0.761. The summed E-state index contributed by atoms with van der Waals surface area (Å²) in [6.07, 6.45) is 9.88. The number of hydrogen-bond acceptors (Lipinski definition) is 6. The van der Waals surface area contributed by atoms with Crippen molar-refractivity contribution in [2.75, 3.05) is 13.1 Å². The summed E-state index contributed by atoms with van der Waals surface area (Å²) in [6, 6.07) is 5.47. The molecule has 1 aliphatic rings. The topological polar surface area (TPSA) is 75.9 Å². The Bertz CT molecular complexity index is 814.